The topological polar surface area (TPSA) is 66.7 Å². The molecule has 0 radical (unpaired) electrons. The summed E-state index contributed by atoms with van der Waals surface area (Å²) in [6.45, 7) is 0. The molecular weight excluding hydrogens is 419 g/mol. The number of benzene rings is 3. The summed E-state index contributed by atoms with van der Waals surface area (Å²) in [7, 11) is 3.42. The van der Waals surface area contributed by atoms with E-state index in [0.717, 1.165) is 10.9 Å². The molecule has 1 aliphatic rings. The minimum atomic E-state index is -1.22. The van der Waals surface area contributed by atoms with Gasteiger partial charge in [-0.05, 0) is 30.3 Å². The van der Waals surface area contributed by atoms with E-state index in [4.69, 9.17) is 0 Å². The maximum Gasteiger partial charge on any atom is 0.272 e. The number of aromatic nitrogens is 1. The number of amides is 2. The van der Waals surface area contributed by atoms with Gasteiger partial charge in [-0.25, -0.2) is 9.38 Å². The SMILES string of the molecule is CN1C(=O)[C@@H](NC(=O)c2cc3ccccc3n2C)N=C(c2ccccc2F)c2ccccc21. The Hall–Kier alpha value is -4.26. The number of hydrogen-bond donors (Lipinski definition) is 1. The van der Waals surface area contributed by atoms with Crippen LogP contribution in [0, 0.1) is 5.82 Å². The molecule has 0 bridgehead atoms. The van der Waals surface area contributed by atoms with Crippen LogP contribution in [0.2, 0.25) is 0 Å². The van der Waals surface area contributed by atoms with Crippen LogP contribution in [0.4, 0.5) is 10.1 Å². The number of hydrogen-bond acceptors (Lipinski definition) is 3. The maximum absolute atomic E-state index is 14.8. The maximum atomic E-state index is 14.8. The number of aryl methyl sites for hydroxylation is 1. The lowest BCUT2D eigenvalue weighted by Crippen LogP contribution is -2.46. The Balaban J connectivity index is 1.60. The zero-order valence-corrected chi connectivity index (χ0v) is 18.1. The number of nitrogens with one attached hydrogen (secondary N) is 1. The van der Waals surface area contributed by atoms with Crippen LogP contribution in [0.3, 0.4) is 0 Å². The highest BCUT2D eigenvalue weighted by molar-refractivity contribution is 6.20. The molecule has 6 nitrogen and oxygen atoms in total. The van der Waals surface area contributed by atoms with E-state index in [9.17, 15) is 14.0 Å². The number of carbonyl (C=O) groups excluding carboxylic acids is 2. The van der Waals surface area contributed by atoms with Crippen molar-refractivity contribution in [3.8, 4) is 0 Å². The number of fused-ring (bicyclic) bond motifs is 2. The van der Waals surface area contributed by atoms with Crippen LogP contribution in [0.25, 0.3) is 10.9 Å². The molecule has 0 unspecified atom stereocenters. The molecule has 0 aliphatic carbocycles. The van der Waals surface area contributed by atoms with Gasteiger partial charge in [0.2, 0.25) is 6.17 Å². The average Bonchev–Trinajstić information content (AvgIpc) is 3.13. The summed E-state index contributed by atoms with van der Waals surface area (Å²) in [4.78, 5) is 32.5. The van der Waals surface area contributed by atoms with Crippen LogP contribution in [0.15, 0.2) is 83.9 Å². The van der Waals surface area contributed by atoms with Gasteiger partial charge in [0.1, 0.15) is 11.5 Å². The summed E-state index contributed by atoms with van der Waals surface area (Å²) in [5.74, 6) is -1.31. The number of benzodiazepines with no additional fused rings is 1. The normalized spacial score (nSPS) is 15.7. The summed E-state index contributed by atoms with van der Waals surface area (Å²) in [6, 6.07) is 22.8. The smallest absolute Gasteiger partial charge is 0.272 e. The zero-order chi connectivity index (χ0) is 23.1. The number of nitrogens with zero attached hydrogens (tertiary/aromatic N) is 3. The molecule has 4 aromatic rings. The summed E-state index contributed by atoms with van der Waals surface area (Å²) in [5, 5.41) is 3.66. The van der Waals surface area contributed by atoms with Gasteiger partial charge in [-0.15, -0.1) is 0 Å². The lowest BCUT2D eigenvalue weighted by molar-refractivity contribution is -0.119. The number of halogens is 1. The van der Waals surface area contributed by atoms with E-state index in [2.05, 4.69) is 10.3 Å². The van der Waals surface area contributed by atoms with Gasteiger partial charge in [-0.1, -0.05) is 48.5 Å². The first-order valence-electron chi connectivity index (χ1n) is 10.5. The Morgan fingerprint density at radius 2 is 1.61 bits per heavy atom. The van der Waals surface area contributed by atoms with Crippen molar-refractivity contribution in [2.45, 2.75) is 6.17 Å². The van der Waals surface area contributed by atoms with Crippen LogP contribution in [-0.4, -0.2) is 35.3 Å². The van der Waals surface area contributed by atoms with Crippen LogP contribution in [0.5, 0.6) is 0 Å². The number of rotatable bonds is 3. The zero-order valence-electron chi connectivity index (χ0n) is 18.1. The number of aliphatic imine (C=N–C) groups is 1. The molecule has 1 atom stereocenters. The molecule has 0 saturated carbocycles. The third-order valence-corrected chi connectivity index (χ3v) is 5.92. The third-order valence-electron chi connectivity index (χ3n) is 5.92. The molecule has 0 spiro atoms. The van der Waals surface area contributed by atoms with Gasteiger partial charge in [0.15, 0.2) is 0 Å². The molecule has 3 aromatic carbocycles. The molecule has 1 N–H and O–H groups in total. The lowest BCUT2D eigenvalue weighted by atomic mass is 10.00. The van der Waals surface area contributed by atoms with Crippen molar-refractivity contribution in [1.82, 2.24) is 9.88 Å². The predicted molar refractivity (Wildman–Crippen MR) is 126 cm³/mol. The van der Waals surface area contributed by atoms with Gasteiger partial charge in [0.05, 0.1) is 11.4 Å². The molecular formula is C26H21FN4O2. The highest BCUT2D eigenvalue weighted by atomic mass is 19.1. The van der Waals surface area contributed by atoms with Gasteiger partial charge in [-0.2, -0.15) is 0 Å². The first-order chi connectivity index (χ1) is 16.0. The largest absolute Gasteiger partial charge is 0.340 e. The van der Waals surface area contributed by atoms with E-state index in [-0.39, 0.29) is 5.56 Å². The molecule has 7 heteroatoms. The number of likely N-dealkylation sites (N-methyl/N-ethyl adjacent to an activating group) is 1. The predicted octanol–water partition coefficient (Wildman–Crippen LogP) is 3.89. The van der Waals surface area contributed by atoms with Crippen molar-refractivity contribution in [2.75, 3.05) is 11.9 Å². The molecule has 1 aliphatic heterocycles. The summed E-state index contributed by atoms with van der Waals surface area (Å²) in [5.41, 5.74) is 3.07. The van der Waals surface area contributed by atoms with Gasteiger partial charge in [0.25, 0.3) is 11.8 Å². The Morgan fingerprint density at radius 3 is 2.36 bits per heavy atom. The van der Waals surface area contributed by atoms with E-state index in [1.54, 1.807) is 61.1 Å². The highest BCUT2D eigenvalue weighted by Crippen LogP contribution is 2.28. The monoisotopic (exact) mass is 440 g/mol. The second-order valence-electron chi connectivity index (χ2n) is 7.90. The molecule has 2 amide bonds. The van der Waals surface area contributed by atoms with E-state index < -0.39 is 23.8 Å². The van der Waals surface area contributed by atoms with Gasteiger partial charge in [0, 0.05) is 36.1 Å². The Labute approximate surface area is 190 Å². The van der Waals surface area contributed by atoms with Crippen LogP contribution in [0.1, 0.15) is 21.6 Å². The van der Waals surface area contributed by atoms with Crippen LogP contribution in [-0.2, 0) is 11.8 Å². The van der Waals surface area contributed by atoms with E-state index in [0.29, 0.717) is 22.7 Å². The Morgan fingerprint density at radius 1 is 0.939 bits per heavy atom. The number of anilines is 1. The molecule has 0 fully saturated rings. The van der Waals surface area contributed by atoms with Gasteiger partial charge < -0.3 is 14.8 Å². The van der Waals surface area contributed by atoms with E-state index >= 15 is 0 Å². The van der Waals surface area contributed by atoms with Crippen LogP contribution >= 0.6 is 0 Å². The van der Waals surface area contributed by atoms with Crippen molar-refractivity contribution in [3.63, 3.8) is 0 Å². The molecule has 0 saturated heterocycles. The third kappa shape index (κ3) is 3.47. The second-order valence-corrected chi connectivity index (χ2v) is 7.90. The minimum Gasteiger partial charge on any atom is -0.340 e. The van der Waals surface area contributed by atoms with Crippen molar-refractivity contribution in [3.05, 3.63) is 102 Å². The number of carbonyl (C=O) groups is 2. The summed E-state index contributed by atoms with van der Waals surface area (Å²) >= 11 is 0. The van der Waals surface area contributed by atoms with Crippen molar-refractivity contribution in [2.24, 2.45) is 12.0 Å². The quantitative estimate of drug-likeness (QED) is 0.525. The average molecular weight is 440 g/mol. The van der Waals surface area contributed by atoms with Crippen molar-refractivity contribution in [1.29, 1.82) is 0 Å². The summed E-state index contributed by atoms with van der Waals surface area (Å²) in [6.07, 6.45) is -1.22. The molecule has 2 heterocycles. The fraction of sp³-hybridized carbons (Fsp3) is 0.115. The molecule has 33 heavy (non-hydrogen) atoms. The van der Waals surface area contributed by atoms with E-state index in [1.165, 1.54) is 11.0 Å². The Bertz CT molecular complexity index is 1440. The fourth-order valence-electron chi connectivity index (χ4n) is 4.19. The van der Waals surface area contributed by atoms with Crippen molar-refractivity contribution >= 4 is 34.1 Å². The summed E-state index contributed by atoms with van der Waals surface area (Å²) < 4.78 is 16.5. The highest BCUT2D eigenvalue weighted by Gasteiger charge is 2.32. The lowest BCUT2D eigenvalue weighted by Gasteiger charge is -2.21. The van der Waals surface area contributed by atoms with Crippen molar-refractivity contribution < 1.29 is 14.0 Å². The first kappa shape index (κ1) is 20.6. The van der Waals surface area contributed by atoms with Crippen LogP contribution < -0.4 is 10.2 Å². The first-order valence-corrected chi connectivity index (χ1v) is 10.5. The molecule has 5 rings (SSSR count). The molecule has 164 valence electrons. The molecule has 1 aromatic heterocycles. The Kier molecular flexibility index (Phi) is 5.01. The second kappa shape index (κ2) is 8.02. The number of para-hydroxylation sites is 2. The van der Waals surface area contributed by atoms with Gasteiger partial charge >= 0.3 is 0 Å². The minimum absolute atomic E-state index is 0.261. The standard InChI is InChI=1S/C26H21FN4O2/c1-30-20-13-7-3-9-16(20)15-22(30)25(32)29-24-26(33)31(2)21-14-8-5-11-18(21)23(28-24)17-10-4-6-12-19(17)27/h3-15,24H,1-2H3,(H,29,32)/t24-/m1/s1. The fourth-order valence-corrected chi connectivity index (χ4v) is 4.19. The van der Waals surface area contributed by atoms with Gasteiger partial charge in [-0.3, -0.25) is 9.59 Å². The van der Waals surface area contributed by atoms with E-state index in [1.807, 2.05) is 30.3 Å².